The van der Waals surface area contributed by atoms with E-state index in [9.17, 15) is 9.59 Å². The van der Waals surface area contributed by atoms with Gasteiger partial charge in [0.2, 0.25) is 5.91 Å². The Bertz CT molecular complexity index is 380. The van der Waals surface area contributed by atoms with Gasteiger partial charge in [0.25, 0.3) is 0 Å². The van der Waals surface area contributed by atoms with E-state index in [0.717, 1.165) is 5.70 Å². The van der Waals surface area contributed by atoms with Crippen LogP contribution in [0.4, 0.5) is 0 Å². The molecule has 19 heavy (non-hydrogen) atoms. The zero-order valence-electron chi connectivity index (χ0n) is 13.8. The second-order valence-electron chi connectivity index (χ2n) is 6.07. The van der Waals surface area contributed by atoms with Gasteiger partial charge >= 0.3 is 0 Å². The third-order valence-corrected chi connectivity index (χ3v) is 4.55. The van der Waals surface area contributed by atoms with Gasteiger partial charge in [0, 0.05) is 23.5 Å². The molecule has 0 spiro atoms. The average molecular weight is 267 g/mol. The van der Waals surface area contributed by atoms with Gasteiger partial charge in [-0.05, 0) is 20.8 Å². The summed E-state index contributed by atoms with van der Waals surface area (Å²) in [5.41, 5.74) is -0.303. The Balaban J connectivity index is 0.00000154. The van der Waals surface area contributed by atoms with Gasteiger partial charge in [-0.25, -0.2) is 0 Å². The summed E-state index contributed by atoms with van der Waals surface area (Å²) in [6, 6.07) is 0. The molecule has 1 amide bonds. The molecule has 1 atom stereocenters. The molecule has 1 fully saturated rings. The van der Waals surface area contributed by atoms with E-state index < -0.39 is 11.0 Å². The maximum absolute atomic E-state index is 12.1. The molecule has 1 saturated heterocycles. The largest absolute Gasteiger partial charge is 0.310 e. The third kappa shape index (κ3) is 2.90. The lowest BCUT2D eigenvalue weighted by Gasteiger charge is -2.47. The molecule has 1 unspecified atom stereocenters. The summed E-state index contributed by atoms with van der Waals surface area (Å²) in [6.07, 6.45) is 0.496. The van der Waals surface area contributed by atoms with Gasteiger partial charge in [-0.15, -0.1) is 0 Å². The van der Waals surface area contributed by atoms with Crippen LogP contribution >= 0.6 is 0 Å². The van der Waals surface area contributed by atoms with Crippen molar-refractivity contribution in [2.75, 3.05) is 0 Å². The van der Waals surface area contributed by atoms with Crippen molar-refractivity contribution in [1.82, 2.24) is 4.90 Å². The highest BCUT2D eigenvalue weighted by Gasteiger charge is 2.50. The van der Waals surface area contributed by atoms with Gasteiger partial charge in [-0.2, -0.15) is 0 Å². The second kappa shape index (κ2) is 5.89. The number of allylic oxidation sites excluding steroid dienone is 1. The number of Topliss-reactive ketones (excluding diaryl/α,β-unsaturated/α-hetero) is 1. The average Bonchev–Trinajstić information content (AvgIpc) is 2.55. The topological polar surface area (TPSA) is 37.4 Å². The maximum atomic E-state index is 12.1. The van der Waals surface area contributed by atoms with Crippen molar-refractivity contribution in [2.24, 2.45) is 11.3 Å². The number of likely N-dealkylation sites (tertiary alicyclic amines) is 1. The van der Waals surface area contributed by atoms with E-state index in [1.54, 1.807) is 11.8 Å². The summed E-state index contributed by atoms with van der Waals surface area (Å²) < 4.78 is 0. The monoisotopic (exact) mass is 267 g/mol. The number of hydrogen-bond acceptors (Lipinski definition) is 2. The summed E-state index contributed by atoms with van der Waals surface area (Å²) in [7, 11) is 0. The van der Waals surface area contributed by atoms with Crippen LogP contribution in [0.2, 0.25) is 0 Å². The van der Waals surface area contributed by atoms with Crippen LogP contribution in [0.15, 0.2) is 12.3 Å². The summed E-state index contributed by atoms with van der Waals surface area (Å²) in [5.74, 6) is 0.328. The van der Waals surface area contributed by atoms with Crippen molar-refractivity contribution in [3.8, 4) is 0 Å². The van der Waals surface area contributed by atoms with Crippen LogP contribution in [0, 0.1) is 11.3 Å². The van der Waals surface area contributed by atoms with Crippen molar-refractivity contribution in [2.45, 2.75) is 67.3 Å². The smallest absolute Gasteiger partial charge is 0.227 e. The van der Waals surface area contributed by atoms with Crippen molar-refractivity contribution >= 4 is 11.7 Å². The van der Waals surface area contributed by atoms with Crippen LogP contribution in [-0.4, -0.2) is 22.1 Å². The van der Waals surface area contributed by atoms with Gasteiger partial charge in [0.05, 0.1) is 5.54 Å². The fraction of sp³-hybridized carbons (Fsp3) is 0.750. The van der Waals surface area contributed by atoms with Crippen molar-refractivity contribution in [3.63, 3.8) is 0 Å². The Labute approximate surface area is 118 Å². The van der Waals surface area contributed by atoms with Crippen molar-refractivity contribution in [3.05, 3.63) is 12.3 Å². The van der Waals surface area contributed by atoms with Crippen LogP contribution < -0.4 is 0 Å². The van der Waals surface area contributed by atoms with E-state index in [-0.39, 0.29) is 17.6 Å². The molecule has 0 aliphatic carbocycles. The lowest BCUT2D eigenvalue weighted by atomic mass is 9.70. The molecule has 0 aromatic carbocycles. The normalized spacial score (nSPS) is 20.2. The number of carbonyl (C=O) groups excluding carboxylic acids is 2. The minimum absolute atomic E-state index is 0.0711. The molecule has 3 nitrogen and oxygen atoms in total. The Morgan fingerprint density at radius 1 is 1.26 bits per heavy atom. The molecule has 0 aromatic rings. The van der Waals surface area contributed by atoms with Crippen LogP contribution in [0.25, 0.3) is 0 Å². The number of hydrogen-bond donors (Lipinski definition) is 0. The van der Waals surface area contributed by atoms with Crippen molar-refractivity contribution in [1.29, 1.82) is 0 Å². The standard InChI is InChI=1S/C14H23NO2.C2H6/c1-9-8-12(17)15(10(9)2)14(6,7)13(4,5)11(3)16;1-2/h9H,2,8H2,1,3-7H3;1-2H3. The number of nitrogens with zero attached hydrogens (tertiary/aromatic N) is 1. The highest BCUT2D eigenvalue weighted by atomic mass is 16.2. The zero-order valence-corrected chi connectivity index (χ0v) is 13.8. The van der Waals surface area contributed by atoms with E-state index in [4.69, 9.17) is 0 Å². The SMILES string of the molecule is C=C1C(C)CC(=O)N1C(C)(C)C(C)(C)C(C)=O.CC. The molecule has 1 heterocycles. The molecule has 0 radical (unpaired) electrons. The zero-order chi connectivity index (χ0) is 15.6. The van der Waals surface area contributed by atoms with Gasteiger partial charge < -0.3 is 4.90 Å². The molecule has 1 rings (SSSR count). The predicted molar refractivity (Wildman–Crippen MR) is 79.7 cm³/mol. The van der Waals surface area contributed by atoms with Gasteiger partial charge in [0.1, 0.15) is 5.78 Å². The maximum Gasteiger partial charge on any atom is 0.227 e. The predicted octanol–water partition coefficient (Wildman–Crippen LogP) is 3.79. The van der Waals surface area contributed by atoms with E-state index in [0.29, 0.717) is 6.42 Å². The molecule has 0 aromatic heterocycles. The van der Waals surface area contributed by atoms with Crippen LogP contribution in [-0.2, 0) is 9.59 Å². The summed E-state index contributed by atoms with van der Waals surface area (Å²) in [6.45, 7) is 19.2. The molecule has 1 aliphatic heterocycles. The molecule has 0 N–H and O–H groups in total. The van der Waals surface area contributed by atoms with E-state index in [2.05, 4.69) is 6.58 Å². The molecular weight excluding hydrogens is 238 g/mol. The number of carbonyl (C=O) groups is 2. The molecule has 0 saturated carbocycles. The Morgan fingerprint density at radius 2 is 1.68 bits per heavy atom. The third-order valence-electron chi connectivity index (χ3n) is 4.55. The van der Waals surface area contributed by atoms with Gasteiger partial charge in [-0.3, -0.25) is 9.59 Å². The first-order valence-electron chi connectivity index (χ1n) is 7.06. The molecular formula is C16H29NO2. The van der Waals surface area contributed by atoms with E-state index in [1.165, 1.54) is 0 Å². The van der Waals surface area contributed by atoms with Crippen LogP contribution in [0.3, 0.4) is 0 Å². The molecule has 0 bridgehead atoms. The molecule has 110 valence electrons. The Morgan fingerprint density at radius 3 is 1.95 bits per heavy atom. The van der Waals surface area contributed by atoms with E-state index in [1.807, 2.05) is 48.5 Å². The Kier molecular flexibility index (Phi) is 5.54. The Hall–Kier alpha value is -1.12. The lowest BCUT2D eigenvalue weighted by molar-refractivity contribution is -0.140. The summed E-state index contributed by atoms with van der Waals surface area (Å²) >= 11 is 0. The van der Waals surface area contributed by atoms with Gasteiger partial charge in [-0.1, -0.05) is 41.2 Å². The molecule has 1 aliphatic rings. The quantitative estimate of drug-likeness (QED) is 0.780. The fourth-order valence-corrected chi connectivity index (χ4v) is 2.23. The molecule has 3 heteroatoms. The lowest BCUT2D eigenvalue weighted by Crippen LogP contribution is -2.56. The number of amides is 1. The fourth-order valence-electron chi connectivity index (χ4n) is 2.23. The van der Waals surface area contributed by atoms with E-state index >= 15 is 0 Å². The summed E-state index contributed by atoms with van der Waals surface area (Å²) in [5, 5.41) is 0. The number of rotatable bonds is 3. The van der Waals surface area contributed by atoms with Crippen molar-refractivity contribution < 1.29 is 9.59 Å². The first kappa shape index (κ1) is 17.9. The minimum atomic E-state index is -0.588. The second-order valence-corrected chi connectivity index (χ2v) is 6.07. The van der Waals surface area contributed by atoms with Gasteiger partial charge in [0.15, 0.2) is 0 Å². The highest BCUT2D eigenvalue weighted by molar-refractivity contribution is 5.87. The minimum Gasteiger partial charge on any atom is -0.310 e. The highest BCUT2D eigenvalue weighted by Crippen LogP contribution is 2.43. The van der Waals surface area contributed by atoms with Crippen LogP contribution in [0.5, 0.6) is 0 Å². The van der Waals surface area contributed by atoms with Crippen LogP contribution in [0.1, 0.15) is 61.8 Å². The summed E-state index contributed by atoms with van der Waals surface area (Å²) in [4.78, 5) is 25.6. The first-order chi connectivity index (χ1) is 8.53. The first-order valence-corrected chi connectivity index (χ1v) is 7.06. The number of ketones is 1.